The highest BCUT2D eigenvalue weighted by molar-refractivity contribution is 9.11. The number of hydrogen-bond acceptors (Lipinski definition) is 3. The Hall–Kier alpha value is 0.100. The standard InChI is InChI=1S/C10H17BrN2S/c1-8(2)13-4-3-12-6-9-5-10(11)14-7-9/h5,7-8,12-13H,3-4,6H2,1-2H3. The third-order valence-corrected chi connectivity index (χ3v) is 3.36. The van der Waals surface area contributed by atoms with E-state index in [-0.39, 0.29) is 0 Å². The summed E-state index contributed by atoms with van der Waals surface area (Å²) < 4.78 is 1.20. The van der Waals surface area contributed by atoms with Crippen LogP contribution < -0.4 is 10.6 Å². The van der Waals surface area contributed by atoms with Crippen LogP contribution in [-0.4, -0.2) is 19.1 Å². The first-order chi connectivity index (χ1) is 6.68. The van der Waals surface area contributed by atoms with Crippen LogP contribution in [0.5, 0.6) is 0 Å². The maximum atomic E-state index is 3.45. The molecule has 0 aliphatic heterocycles. The minimum absolute atomic E-state index is 0.576. The summed E-state index contributed by atoms with van der Waals surface area (Å²) in [7, 11) is 0. The molecule has 0 spiro atoms. The lowest BCUT2D eigenvalue weighted by molar-refractivity contribution is 0.556. The number of hydrogen-bond donors (Lipinski definition) is 2. The molecule has 80 valence electrons. The van der Waals surface area contributed by atoms with E-state index in [9.17, 15) is 0 Å². The summed E-state index contributed by atoms with van der Waals surface area (Å²) in [5.74, 6) is 0. The van der Waals surface area contributed by atoms with Crippen LogP contribution in [0.3, 0.4) is 0 Å². The normalized spacial score (nSPS) is 11.1. The van der Waals surface area contributed by atoms with E-state index in [2.05, 4.69) is 51.9 Å². The molecule has 1 rings (SSSR count). The van der Waals surface area contributed by atoms with Gasteiger partial charge in [-0.25, -0.2) is 0 Å². The van der Waals surface area contributed by atoms with E-state index in [1.165, 1.54) is 9.35 Å². The van der Waals surface area contributed by atoms with E-state index in [0.29, 0.717) is 6.04 Å². The van der Waals surface area contributed by atoms with E-state index in [4.69, 9.17) is 0 Å². The Morgan fingerprint density at radius 1 is 1.43 bits per heavy atom. The molecule has 2 N–H and O–H groups in total. The molecule has 1 aromatic heterocycles. The van der Waals surface area contributed by atoms with Gasteiger partial charge in [0.2, 0.25) is 0 Å². The zero-order chi connectivity index (χ0) is 10.4. The van der Waals surface area contributed by atoms with Crippen molar-refractivity contribution in [3.05, 3.63) is 20.8 Å². The molecule has 0 radical (unpaired) electrons. The molecule has 0 saturated carbocycles. The molecule has 0 atom stereocenters. The van der Waals surface area contributed by atoms with Gasteiger partial charge in [0.15, 0.2) is 0 Å². The third-order valence-electron chi connectivity index (χ3n) is 1.81. The van der Waals surface area contributed by atoms with Gasteiger partial charge < -0.3 is 10.6 Å². The van der Waals surface area contributed by atoms with Crippen molar-refractivity contribution in [2.75, 3.05) is 13.1 Å². The Labute approximate surface area is 98.2 Å². The number of halogens is 1. The molecule has 1 heterocycles. The van der Waals surface area contributed by atoms with E-state index < -0.39 is 0 Å². The average molecular weight is 277 g/mol. The molecular weight excluding hydrogens is 260 g/mol. The van der Waals surface area contributed by atoms with Gasteiger partial charge in [-0.2, -0.15) is 0 Å². The molecular formula is C10H17BrN2S. The summed E-state index contributed by atoms with van der Waals surface area (Å²) in [6.45, 7) is 7.34. The van der Waals surface area contributed by atoms with Gasteiger partial charge in [-0.1, -0.05) is 13.8 Å². The van der Waals surface area contributed by atoms with E-state index in [1.54, 1.807) is 11.3 Å². The highest BCUT2D eigenvalue weighted by atomic mass is 79.9. The van der Waals surface area contributed by atoms with Gasteiger partial charge in [-0.15, -0.1) is 11.3 Å². The zero-order valence-electron chi connectivity index (χ0n) is 8.64. The zero-order valence-corrected chi connectivity index (χ0v) is 11.0. The van der Waals surface area contributed by atoms with Gasteiger partial charge in [0.1, 0.15) is 0 Å². The van der Waals surface area contributed by atoms with E-state index in [1.807, 2.05) is 0 Å². The molecule has 2 nitrogen and oxygen atoms in total. The average Bonchev–Trinajstić information content (AvgIpc) is 2.50. The quantitative estimate of drug-likeness (QED) is 0.781. The summed E-state index contributed by atoms with van der Waals surface area (Å²) in [6.07, 6.45) is 0. The SMILES string of the molecule is CC(C)NCCNCc1csc(Br)c1. The van der Waals surface area contributed by atoms with Crippen molar-refractivity contribution in [1.29, 1.82) is 0 Å². The first kappa shape index (κ1) is 12.2. The van der Waals surface area contributed by atoms with Crippen LogP contribution >= 0.6 is 27.3 Å². The number of rotatable bonds is 6. The highest BCUT2D eigenvalue weighted by Crippen LogP contribution is 2.20. The summed E-state index contributed by atoms with van der Waals surface area (Å²) in [5, 5.41) is 8.94. The predicted octanol–water partition coefficient (Wildman–Crippen LogP) is 2.60. The van der Waals surface area contributed by atoms with Crippen molar-refractivity contribution in [2.24, 2.45) is 0 Å². The van der Waals surface area contributed by atoms with Gasteiger partial charge in [0.05, 0.1) is 3.79 Å². The van der Waals surface area contributed by atoms with Crippen molar-refractivity contribution in [2.45, 2.75) is 26.4 Å². The Morgan fingerprint density at radius 3 is 2.79 bits per heavy atom. The van der Waals surface area contributed by atoms with Crippen LogP contribution in [0, 0.1) is 0 Å². The molecule has 0 bridgehead atoms. The Bertz CT molecular complexity index is 260. The van der Waals surface area contributed by atoms with E-state index in [0.717, 1.165) is 19.6 Å². The largest absolute Gasteiger partial charge is 0.313 e. The molecule has 0 saturated heterocycles. The maximum absolute atomic E-state index is 3.45. The lowest BCUT2D eigenvalue weighted by atomic mass is 10.3. The Balaban J connectivity index is 2.04. The first-order valence-electron chi connectivity index (χ1n) is 4.85. The van der Waals surface area contributed by atoms with Gasteiger partial charge in [0, 0.05) is 25.7 Å². The Morgan fingerprint density at radius 2 is 2.21 bits per heavy atom. The van der Waals surface area contributed by atoms with Crippen molar-refractivity contribution in [1.82, 2.24) is 10.6 Å². The number of thiophene rings is 1. The van der Waals surface area contributed by atoms with Gasteiger partial charge in [-0.05, 0) is 32.9 Å². The summed E-state index contributed by atoms with van der Waals surface area (Å²) >= 11 is 5.19. The molecule has 0 fully saturated rings. The molecule has 0 amide bonds. The fourth-order valence-corrected chi connectivity index (χ4v) is 2.33. The lowest BCUT2D eigenvalue weighted by Crippen LogP contribution is -2.31. The fourth-order valence-electron chi connectivity index (χ4n) is 1.12. The molecule has 4 heteroatoms. The van der Waals surface area contributed by atoms with Crippen LogP contribution in [0.2, 0.25) is 0 Å². The van der Waals surface area contributed by atoms with Gasteiger partial charge >= 0.3 is 0 Å². The van der Waals surface area contributed by atoms with Crippen LogP contribution in [0.15, 0.2) is 15.2 Å². The smallest absolute Gasteiger partial charge is 0.0701 e. The van der Waals surface area contributed by atoms with Crippen molar-refractivity contribution in [3.8, 4) is 0 Å². The minimum Gasteiger partial charge on any atom is -0.313 e. The first-order valence-corrected chi connectivity index (χ1v) is 6.53. The predicted molar refractivity (Wildman–Crippen MR) is 66.9 cm³/mol. The summed E-state index contributed by atoms with van der Waals surface area (Å²) in [4.78, 5) is 0. The van der Waals surface area contributed by atoms with Crippen LogP contribution in [-0.2, 0) is 6.54 Å². The second-order valence-electron chi connectivity index (χ2n) is 3.54. The molecule has 0 unspecified atom stereocenters. The minimum atomic E-state index is 0.576. The summed E-state index contributed by atoms with van der Waals surface area (Å²) in [6, 6.07) is 2.74. The van der Waals surface area contributed by atoms with Gasteiger partial charge in [0.25, 0.3) is 0 Å². The number of nitrogens with one attached hydrogen (secondary N) is 2. The molecule has 0 aromatic carbocycles. The molecule has 0 aliphatic carbocycles. The van der Waals surface area contributed by atoms with Crippen molar-refractivity contribution < 1.29 is 0 Å². The molecule has 14 heavy (non-hydrogen) atoms. The van der Waals surface area contributed by atoms with Crippen LogP contribution in [0.25, 0.3) is 0 Å². The van der Waals surface area contributed by atoms with E-state index >= 15 is 0 Å². The Kier molecular flexibility index (Phi) is 5.70. The van der Waals surface area contributed by atoms with Crippen LogP contribution in [0.4, 0.5) is 0 Å². The van der Waals surface area contributed by atoms with Crippen LogP contribution in [0.1, 0.15) is 19.4 Å². The monoisotopic (exact) mass is 276 g/mol. The second kappa shape index (κ2) is 6.56. The maximum Gasteiger partial charge on any atom is 0.0701 e. The molecule has 1 aromatic rings. The lowest BCUT2D eigenvalue weighted by Gasteiger charge is -2.08. The van der Waals surface area contributed by atoms with Crippen molar-refractivity contribution in [3.63, 3.8) is 0 Å². The highest BCUT2D eigenvalue weighted by Gasteiger charge is 1.96. The summed E-state index contributed by atoms with van der Waals surface area (Å²) in [5.41, 5.74) is 1.35. The molecule has 0 aliphatic rings. The van der Waals surface area contributed by atoms with Crippen molar-refractivity contribution >= 4 is 27.3 Å². The topological polar surface area (TPSA) is 24.1 Å². The fraction of sp³-hybridized carbons (Fsp3) is 0.600. The van der Waals surface area contributed by atoms with Gasteiger partial charge in [-0.3, -0.25) is 0 Å². The second-order valence-corrected chi connectivity index (χ2v) is 5.84. The third kappa shape index (κ3) is 5.10.